The second-order valence-electron chi connectivity index (χ2n) is 6.88. The predicted octanol–water partition coefficient (Wildman–Crippen LogP) is 3.40. The third-order valence-corrected chi connectivity index (χ3v) is 5.23. The smallest absolute Gasteiger partial charge is 0.257 e. The molecule has 0 radical (unpaired) electrons. The maximum Gasteiger partial charge on any atom is 0.257 e. The van der Waals surface area contributed by atoms with E-state index in [1.807, 2.05) is 11.9 Å². The Morgan fingerprint density at radius 3 is 2.81 bits per heavy atom. The molecule has 2 heterocycles. The van der Waals surface area contributed by atoms with E-state index in [4.69, 9.17) is 0 Å². The number of rotatable bonds is 2. The van der Waals surface area contributed by atoms with E-state index >= 15 is 0 Å². The van der Waals surface area contributed by atoms with E-state index in [9.17, 15) is 14.0 Å². The number of nitrogens with one attached hydrogen (secondary N) is 1. The van der Waals surface area contributed by atoms with Crippen LogP contribution in [0, 0.1) is 12.7 Å². The van der Waals surface area contributed by atoms with Crippen molar-refractivity contribution in [1.82, 2.24) is 4.90 Å². The number of carbonyl (C=O) groups is 2. The number of halogens is 1. The van der Waals surface area contributed by atoms with Crippen LogP contribution in [0.25, 0.3) is 0 Å². The summed E-state index contributed by atoms with van der Waals surface area (Å²) >= 11 is 0. The molecule has 0 aliphatic carbocycles. The van der Waals surface area contributed by atoms with Gasteiger partial charge in [-0.3, -0.25) is 9.59 Å². The van der Waals surface area contributed by atoms with E-state index < -0.39 is 0 Å². The normalized spacial score (nSPS) is 18.6. The Balaban J connectivity index is 1.62. The average Bonchev–Trinajstić information content (AvgIpc) is 3.12. The predicted molar refractivity (Wildman–Crippen MR) is 98.0 cm³/mol. The molecule has 2 aliphatic heterocycles. The lowest BCUT2D eigenvalue weighted by molar-refractivity contribution is 0.0719. The molecule has 0 saturated carbocycles. The van der Waals surface area contributed by atoms with Crippen LogP contribution in [0.2, 0.25) is 0 Å². The number of hydrogen-bond donors (Lipinski definition) is 1. The van der Waals surface area contributed by atoms with Gasteiger partial charge in [-0.05, 0) is 55.7 Å². The van der Waals surface area contributed by atoms with Crippen molar-refractivity contribution in [3.05, 3.63) is 58.9 Å². The number of anilines is 2. The van der Waals surface area contributed by atoms with Gasteiger partial charge in [-0.2, -0.15) is 0 Å². The molecular formula is C20H20FN3O2. The Morgan fingerprint density at radius 1 is 1.23 bits per heavy atom. The monoisotopic (exact) mass is 353 g/mol. The maximum atomic E-state index is 13.7. The molecule has 4 rings (SSSR count). The van der Waals surface area contributed by atoms with Gasteiger partial charge in [-0.1, -0.05) is 6.07 Å². The lowest BCUT2D eigenvalue weighted by Crippen LogP contribution is -2.50. The number of aryl methyl sites for hydroxylation is 1. The van der Waals surface area contributed by atoms with Gasteiger partial charge in [-0.15, -0.1) is 0 Å². The van der Waals surface area contributed by atoms with Crippen LogP contribution in [0.15, 0.2) is 36.4 Å². The summed E-state index contributed by atoms with van der Waals surface area (Å²) in [5.74, 6) is -0.668. The van der Waals surface area contributed by atoms with Crippen LogP contribution in [-0.2, 0) is 0 Å². The van der Waals surface area contributed by atoms with E-state index in [0.29, 0.717) is 22.4 Å². The molecule has 0 spiro atoms. The quantitative estimate of drug-likeness (QED) is 0.900. The highest BCUT2D eigenvalue weighted by Crippen LogP contribution is 2.35. The minimum Gasteiger partial charge on any atom is -0.354 e. The topological polar surface area (TPSA) is 52.7 Å². The summed E-state index contributed by atoms with van der Waals surface area (Å²) in [6.07, 6.45) is 1.97. The van der Waals surface area contributed by atoms with Crippen LogP contribution in [0.4, 0.5) is 15.8 Å². The fraction of sp³-hybridized carbons (Fsp3) is 0.300. The molecule has 5 nitrogen and oxygen atoms in total. The summed E-state index contributed by atoms with van der Waals surface area (Å²) in [6.45, 7) is 2.44. The summed E-state index contributed by atoms with van der Waals surface area (Å²) in [6, 6.07) is 9.67. The number of benzene rings is 2. The van der Waals surface area contributed by atoms with Gasteiger partial charge in [-0.25, -0.2) is 4.39 Å². The second-order valence-corrected chi connectivity index (χ2v) is 6.88. The van der Waals surface area contributed by atoms with Crippen LogP contribution < -0.4 is 10.2 Å². The van der Waals surface area contributed by atoms with Crippen LogP contribution in [-0.4, -0.2) is 36.5 Å². The summed E-state index contributed by atoms with van der Waals surface area (Å²) in [4.78, 5) is 29.2. The van der Waals surface area contributed by atoms with Crippen molar-refractivity contribution in [2.24, 2.45) is 0 Å². The molecule has 0 unspecified atom stereocenters. The third-order valence-electron chi connectivity index (χ3n) is 5.23. The lowest BCUT2D eigenvalue weighted by Gasteiger charge is -2.40. The molecule has 2 aromatic carbocycles. The second kappa shape index (κ2) is 6.12. The van der Waals surface area contributed by atoms with Gasteiger partial charge in [0.05, 0.1) is 11.3 Å². The van der Waals surface area contributed by atoms with E-state index in [0.717, 1.165) is 25.1 Å². The highest BCUT2D eigenvalue weighted by atomic mass is 19.1. The molecule has 134 valence electrons. The summed E-state index contributed by atoms with van der Waals surface area (Å²) < 4.78 is 13.7. The SMILES string of the molecule is Cc1ccc(NC(=O)c2ccc3c(c2)N(C)[C@@H]2CCCN2C3=O)cc1F. The highest BCUT2D eigenvalue weighted by molar-refractivity contribution is 6.08. The van der Waals surface area contributed by atoms with Crippen molar-refractivity contribution in [1.29, 1.82) is 0 Å². The molecule has 2 amide bonds. The fourth-order valence-corrected chi connectivity index (χ4v) is 3.72. The van der Waals surface area contributed by atoms with Crippen LogP contribution in [0.3, 0.4) is 0 Å². The van der Waals surface area contributed by atoms with Crippen molar-refractivity contribution in [3.8, 4) is 0 Å². The van der Waals surface area contributed by atoms with Crippen LogP contribution >= 0.6 is 0 Å². The minimum atomic E-state index is -0.361. The zero-order chi connectivity index (χ0) is 18.4. The van der Waals surface area contributed by atoms with E-state index in [-0.39, 0.29) is 23.8 Å². The van der Waals surface area contributed by atoms with Gasteiger partial charge in [0.2, 0.25) is 0 Å². The summed E-state index contributed by atoms with van der Waals surface area (Å²) in [5, 5.41) is 2.71. The van der Waals surface area contributed by atoms with Crippen molar-refractivity contribution in [3.63, 3.8) is 0 Å². The van der Waals surface area contributed by atoms with Gasteiger partial charge < -0.3 is 15.1 Å². The molecule has 1 saturated heterocycles. The first-order valence-electron chi connectivity index (χ1n) is 8.71. The molecule has 26 heavy (non-hydrogen) atoms. The lowest BCUT2D eigenvalue weighted by atomic mass is 10.0. The molecule has 0 bridgehead atoms. The number of fused-ring (bicyclic) bond motifs is 2. The molecule has 1 fully saturated rings. The van der Waals surface area contributed by atoms with Crippen molar-refractivity contribution < 1.29 is 14.0 Å². The molecule has 0 aromatic heterocycles. The van der Waals surface area contributed by atoms with Gasteiger partial charge in [0.25, 0.3) is 11.8 Å². The zero-order valence-corrected chi connectivity index (χ0v) is 14.8. The van der Waals surface area contributed by atoms with Gasteiger partial charge >= 0.3 is 0 Å². The highest BCUT2D eigenvalue weighted by Gasteiger charge is 2.38. The van der Waals surface area contributed by atoms with E-state index in [1.165, 1.54) is 6.07 Å². The van der Waals surface area contributed by atoms with Crippen LogP contribution in [0.1, 0.15) is 39.1 Å². The summed E-state index contributed by atoms with van der Waals surface area (Å²) in [5.41, 5.74) is 2.75. The Kier molecular flexibility index (Phi) is 3.90. The molecule has 2 aromatic rings. The first-order valence-corrected chi connectivity index (χ1v) is 8.71. The number of carbonyl (C=O) groups excluding carboxylic acids is 2. The molecule has 1 atom stereocenters. The first-order chi connectivity index (χ1) is 12.5. The van der Waals surface area contributed by atoms with E-state index in [2.05, 4.69) is 10.2 Å². The molecule has 2 aliphatic rings. The molecule has 1 N–H and O–H groups in total. The number of nitrogens with zero attached hydrogens (tertiary/aromatic N) is 2. The zero-order valence-electron chi connectivity index (χ0n) is 14.8. The van der Waals surface area contributed by atoms with Gasteiger partial charge in [0.1, 0.15) is 12.0 Å². The van der Waals surface area contributed by atoms with E-state index in [1.54, 1.807) is 37.3 Å². The maximum absolute atomic E-state index is 13.7. The summed E-state index contributed by atoms with van der Waals surface area (Å²) in [7, 11) is 1.95. The molecular weight excluding hydrogens is 333 g/mol. The standard InChI is InChI=1S/C20H20FN3O2/c1-12-5-7-14(11-16(12)21)22-19(25)13-6-8-15-17(10-13)23(2)18-4-3-9-24(18)20(15)26/h5-8,10-11,18H,3-4,9H2,1-2H3,(H,22,25)/t18-/m0/s1. The number of hydrogen-bond acceptors (Lipinski definition) is 3. The van der Waals surface area contributed by atoms with Gasteiger partial charge in [0.15, 0.2) is 0 Å². The first kappa shape index (κ1) is 16.6. The van der Waals surface area contributed by atoms with Crippen molar-refractivity contribution in [2.45, 2.75) is 25.9 Å². The average molecular weight is 353 g/mol. The van der Waals surface area contributed by atoms with Crippen molar-refractivity contribution in [2.75, 3.05) is 23.8 Å². The Hall–Kier alpha value is -2.89. The third kappa shape index (κ3) is 2.62. The fourth-order valence-electron chi connectivity index (χ4n) is 3.72. The van der Waals surface area contributed by atoms with Gasteiger partial charge in [0, 0.05) is 24.8 Å². The Labute approximate surface area is 151 Å². The molecule has 6 heteroatoms. The van der Waals surface area contributed by atoms with Crippen molar-refractivity contribution >= 4 is 23.2 Å². The number of amides is 2. The van der Waals surface area contributed by atoms with Crippen LogP contribution in [0.5, 0.6) is 0 Å². The largest absolute Gasteiger partial charge is 0.354 e. The minimum absolute atomic E-state index is 0.0214. The Bertz CT molecular complexity index is 912. The Morgan fingerprint density at radius 2 is 2.04 bits per heavy atom.